The Hall–Kier alpha value is -2.01. The maximum absolute atomic E-state index is 14.9. The summed E-state index contributed by atoms with van der Waals surface area (Å²) in [6.45, 7) is 5.15. The van der Waals surface area contributed by atoms with Gasteiger partial charge in [0.05, 0.1) is 19.3 Å². The molecule has 2 aromatic rings. The molecule has 0 saturated carbocycles. The highest BCUT2D eigenvalue weighted by atomic mass is 19.2. The molecule has 1 heterocycles. The summed E-state index contributed by atoms with van der Waals surface area (Å²) in [5.74, 6) is -2.71. The van der Waals surface area contributed by atoms with Gasteiger partial charge >= 0.3 is 0 Å². The number of unbranched alkanes of at least 4 members (excludes halogenated alkanes) is 4. The van der Waals surface area contributed by atoms with Crippen molar-refractivity contribution in [3.63, 3.8) is 0 Å². The summed E-state index contributed by atoms with van der Waals surface area (Å²) < 4.78 is 55.4. The third kappa shape index (κ3) is 6.28. The molecule has 32 heavy (non-hydrogen) atoms. The number of hydrogen-bond acceptors (Lipinski definition) is 2. The van der Waals surface area contributed by atoms with Crippen LogP contribution in [0.1, 0.15) is 83.1 Å². The molecular weight excluding hydrogens is 413 g/mol. The molecule has 0 aromatic heterocycles. The fourth-order valence-electron chi connectivity index (χ4n) is 4.31. The molecule has 1 aliphatic rings. The maximum Gasteiger partial charge on any atom is 0.201 e. The summed E-state index contributed by atoms with van der Waals surface area (Å²) in [4.78, 5) is 0. The van der Waals surface area contributed by atoms with Crippen molar-refractivity contribution in [3.05, 3.63) is 53.3 Å². The van der Waals surface area contributed by atoms with Crippen LogP contribution < -0.4 is 4.74 Å². The number of benzene rings is 2. The van der Waals surface area contributed by atoms with E-state index in [1.807, 2.05) is 0 Å². The second kappa shape index (κ2) is 12.3. The topological polar surface area (TPSA) is 18.5 Å². The normalized spacial score (nSPS) is 18.7. The first-order valence-corrected chi connectivity index (χ1v) is 12.1. The van der Waals surface area contributed by atoms with Gasteiger partial charge < -0.3 is 9.47 Å². The molecule has 1 aliphatic heterocycles. The molecular formula is C27H35F3O2. The van der Waals surface area contributed by atoms with Gasteiger partial charge in [0.15, 0.2) is 11.6 Å². The highest BCUT2D eigenvalue weighted by Gasteiger charge is 2.24. The molecule has 2 unspecified atom stereocenters. The van der Waals surface area contributed by atoms with Gasteiger partial charge in [-0.3, -0.25) is 0 Å². The Kier molecular flexibility index (Phi) is 9.46. The molecule has 2 atom stereocenters. The molecule has 0 radical (unpaired) electrons. The fourth-order valence-corrected chi connectivity index (χ4v) is 4.31. The van der Waals surface area contributed by atoms with Crippen molar-refractivity contribution in [2.45, 2.75) is 83.7 Å². The Labute approximate surface area is 190 Å². The zero-order valence-electron chi connectivity index (χ0n) is 19.3. The number of rotatable bonds is 11. The van der Waals surface area contributed by atoms with E-state index in [4.69, 9.17) is 9.47 Å². The van der Waals surface area contributed by atoms with Gasteiger partial charge in [-0.1, -0.05) is 58.1 Å². The molecule has 176 valence electrons. The predicted octanol–water partition coefficient (Wildman–Crippen LogP) is 8.18. The van der Waals surface area contributed by atoms with Crippen LogP contribution in [0.2, 0.25) is 0 Å². The van der Waals surface area contributed by atoms with Crippen molar-refractivity contribution in [2.24, 2.45) is 0 Å². The zero-order valence-corrected chi connectivity index (χ0v) is 19.3. The Balaban J connectivity index is 1.66. The van der Waals surface area contributed by atoms with Gasteiger partial charge in [0, 0.05) is 17.0 Å². The zero-order chi connectivity index (χ0) is 22.9. The second-order valence-corrected chi connectivity index (χ2v) is 8.76. The fraction of sp³-hybridized carbons (Fsp3) is 0.556. The first-order chi connectivity index (χ1) is 15.5. The van der Waals surface area contributed by atoms with Crippen molar-refractivity contribution < 1.29 is 22.6 Å². The molecule has 0 N–H and O–H groups in total. The standard InChI is InChI=1S/C27H35F3O2/c1-3-5-7-9-21-12-10-20(18-32-21)19-11-13-22(24(28)17-19)23-14-15-25(27(30)26(23)29)31-16-8-6-4-2/h11,13-15,17,20-21H,3-10,12,16,18H2,1-2H3. The molecule has 1 fully saturated rings. The Bertz CT molecular complexity index is 860. The molecule has 0 aliphatic carbocycles. The summed E-state index contributed by atoms with van der Waals surface area (Å²) in [7, 11) is 0. The van der Waals surface area contributed by atoms with Gasteiger partial charge in [-0.2, -0.15) is 4.39 Å². The highest BCUT2D eigenvalue weighted by molar-refractivity contribution is 5.66. The third-order valence-electron chi connectivity index (χ3n) is 6.31. The minimum absolute atomic E-state index is 0.0526. The van der Waals surface area contributed by atoms with E-state index in [-0.39, 0.29) is 22.8 Å². The second-order valence-electron chi connectivity index (χ2n) is 8.76. The first kappa shape index (κ1) is 24.6. The van der Waals surface area contributed by atoms with Crippen molar-refractivity contribution in [1.29, 1.82) is 0 Å². The lowest BCUT2D eigenvalue weighted by Gasteiger charge is -2.29. The van der Waals surface area contributed by atoms with E-state index < -0.39 is 17.5 Å². The van der Waals surface area contributed by atoms with Crippen molar-refractivity contribution >= 4 is 0 Å². The molecule has 2 nitrogen and oxygen atoms in total. The SMILES string of the molecule is CCCCCOc1ccc(-c2ccc(C3CCC(CCCCC)OC3)cc2F)c(F)c1F. The molecule has 0 bridgehead atoms. The van der Waals surface area contributed by atoms with Gasteiger partial charge in [-0.15, -0.1) is 0 Å². The van der Waals surface area contributed by atoms with Gasteiger partial charge in [0.25, 0.3) is 0 Å². The van der Waals surface area contributed by atoms with Crippen molar-refractivity contribution in [3.8, 4) is 16.9 Å². The van der Waals surface area contributed by atoms with E-state index in [1.54, 1.807) is 6.07 Å². The molecule has 2 aromatic carbocycles. The lowest BCUT2D eigenvalue weighted by atomic mass is 9.89. The summed E-state index contributed by atoms with van der Waals surface area (Å²) in [6, 6.07) is 7.54. The Morgan fingerprint density at radius 1 is 0.875 bits per heavy atom. The molecule has 1 saturated heterocycles. The lowest BCUT2D eigenvalue weighted by molar-refractivity contribution is -0.00211. The van der Waals surface area contributed by atoms with E-state index >= 15 is 0 Å². The minimum Gasteiger partial charge on any atom is -0.490 e. The van der Waals surface area contributed by atoms with Crippen LogP contribution in [-0.4, -0.2) is 19.3 Å². The van der Waals surface area contributed by atoms with Crippen LogP contribution in [0.4, 0.5) is 13.2 Å². The van der Waals surface area contributed by atoms with Crippen LogP contribution in [0.25, 0.3) is 11.1 Å². The third-order valence-corrected chi connectivity index (χ3v) is 6.31. The highest BCUT2D eigenvalue weighted by Crippen LogP contribution is 2.35. The predicted molar refractivity (Wildman–Crippen MR) is 123 cm³/mol. The van der Waals surface area contributed by atoms with Crippen LogP contribution in [-0.2, 0) is 4.74 Å². The van der Waals surface area contributed by atoms with Crippen LogP contribution in [0, 0.1) is 17.5 Å². The van der Waals surface area contributed by atoms with Crippen molar-refractivity contribution in [1.82, 2.24) is 0 Å². The van der Waals surface area contributed by atoms with Gasteiger partial charge in [-0.25, -0.2) is 8.78 Å². The molecule has 3 rings (SSSR count). The number of halogens is 3. The van der Waals surface area contributed by atoms with E-state index in [9.17, 15) is 13.2 Å². The van der Waals surface area contributed by atoms with E-state index in [2.05, 4.69) is 13.8 Å². The summed E-state index contributed by atoms with van der Waals surface area (Å²) >= 11 is 0. The summed E-state index contributed by atoms with van der Waals surface area (Å²) in [6.07, 6.45) is 9.64. The summed E-state index contributed by atoms with van der Waals surface area (Å²) in [5, 5.41) is 0. The van der Waals surface area contributed by atoms with Gasteiger partial charge in [0.1, 0.15) is 5.82 Å². The summed E-state index contributed by atoms with van der Waals surface area (Å²) in [5.41, 5.74) is 0.801. The molecule has 0 spiro atoms. The quantitative estimate of drug-likeness (QED) is 0.323. The monoisotopic (exact) mass is 448 g/mol. The minimum atomic E-state index is -1.08. The largest absolute Gasteiger partial charge is 0.490 e. The van der Waals surface area contributed by atoms with Crippen LogP contribution in [0.5, 0.6) is 5.75 Å². The Morgan fingerprint density at radius 3 is 2.31 bits per heavy atom. The average molecular weight is 449 g/mol. The van der Waals surface area contributed by atoms with E-state index in [0.717, 1.165) is 44.1 Å². The van der Waals surface area contributed by atoms with Gasteiger partial charge in [0.2, 0.25) is 5.82 Å². The Morgan fingerprint density at radius 2 is 1.62 bits per heavy atom. The number of hydrogen-bond donors (Lipinski definition) is 0. The van der Waals surface area contributed by atoms with E-state index in [0.29, 0.717) is 19.3 Å². The lowest BCUT2D eigenvalue weighted by Crippen LogP contribution is -2.24. The van der Waals surface area contributed by atoms with E-state index in [1.165, 1.54) is 43.5 Å². The maximum atomic E-state index is 14.9. The van der Waals surface area contributed by atoms with Gasteiger partial charge in [-0.05, 0) is 49.4 Å². The van der Waals surface area contributed by atoms with Crippen LogP contribution in [0.3, 0.4) is 0 Å². The van der Waals surface area contributed by atoms with Crippen LogP contribution >= 0.6 is 0 Å². The molecule has 0 amide bonds. The smallest absolute Gasteiger partial charge is 0.201 e. The van der Waals surface area contributed by atoms with Crippen LogP contribution in [0.15, 0.2) is 30.3 Å². The van der Waals surface area contributed by atoms with Crippen molar-refractivity contribution in [2.75, 3.05) is 13.2 Å². The first-order valence-electron chi connectivity index (χ1n) is 12.1. The average Bonchev–Trinajstić information content (AvgIpc) is 2.80. The molecule has 5 heteroatoms. The number of ether oxygens (including phenoxy) is 2.